The van der Waals surface area contributed by atoms with Crippen LogP contribution in [0.15, 0.2) is 22.8 Å². The number of carbonyl (C=O) groups excluding carboxylic acids is 1. The number of hydrogen-bond acceptors (Lipinski definition) is 4. The van der Waals surface area contributed by atoms with Crippen molar-refractivity contribution in [2.75, 3.05) is 13.7 Å². The number of amides is 1. The van der Waals surface area contributed by atoms with E-state index in [1.54, 1.807) is 18.2 Å². The molecule has 1 fully saturated rings. The molecule has 102 valence electrons. The van der Waals surface area contributed by atoms with Gasteiger partial charge in [-0.1, -0.05) is 6.07 Å². The fraction of sp³-hybridized carbons (Fsp3) is 0.417. The molecule has 1 amide bonds. The first-order valence-electron chi connectivity index (χ1n) is 5.72. The zero-order valence-electron chi connectivity index (χ0n) is 10.2. The maximum absolute atomic E-state index is 12.3. The van der Waals surface area contributed by atoms with E-state index in [9.17, 15) is 9.59 Å². The van der Waals surface area contributed by atoms with Gasteiger partial charge in [-0.15, -0.1) is 0 Å². The van der Waals surface area contributed by atoms with Gasteiger partial charge >= 0.3 is 5.97 Å². The molecule has 6 nitrogen and oxygen atoms in total. The summed E-state index contributed by atoms with van der Waals surface area (Å²) in [6.07, 6.45) is 0.0446. The van der Waals surface area contributed by atoms with Crippen LogP contribution in [0.4, 0.5) is 0 Å². The Morgan fingerprint density at radius 3 is 2.84 bits per heavy atom. The summed E-state index contributed by atoms with van der Waals surface area (Å²) in [6, 6.07) is 4.09. The summed E-state index contributed by atoms with van der Waals surface area (Å²) in [7, 11) is 1.51. The normalized spacial score (nSPS) is 22.5. The number of likely N-dealkylation sites (tertiary alicyclic amines) is 1. The number of methoxy groups -OCH3 is 1. The third-order valence-electron chi connectivity index (χ3n) is 3.08. The first-order chi connectivity index (χ1) is 9.02. The standard InChI is InChI=1S/C12H13BrN2O4/c1-19-7-5-9(12(17)18)15(6-7)11(16)8-3-2-4-10(13)14-8/h2-4,7,9H,5-6H2,1H3,(H,17,18). The molecule has 2 rings (SSSR count). The van der Waals surface area contributed by atoms with Crippen molar-refractivity contribution in [2.24, 2.45) is 0 Å². The third kappa shape index (κ3) is 2.93. The Labute approximate surface area is 118 Å². The Kier molecular flexibility index (Phi) is 4.16. The molecule has 7 heteroatoms. The zero-order valence-corrected chi connectivity index (χ0v) is 11.8. The summed E-state index contributed by atoms with van der Waals surface area (Å²) < 4.78 is 5.68. The fourth-order valence-electron chi connectivity index (χ4n) is 2.10. The average molecular weight is 329 g/mol. The molecule has 0 spiro atoms. The topological polar surface area (TPSA) is 79.7 Å². The van der Waals surface area contributed by atoms with Crippen LogP contribution in [0.5, 0.6) is 0 Å². The maximum atomic E-state index is 12.3. The molecular weight excluding hydrogens is 316 g/mol. The van der Waals surface area contributed by atoms with E-state index in [2.05, 4.69) is 20.9 Å². The zero-order chi connectivity index (χ0) is 14.0. The molecule has 0 aliphatic carbocycles. The fourth-order valence-corrected chi connectivity index (χ4v) is 2.44. The second-order valence-corrected chi connectivity index (χ2v) is 5.06. The van der Waals surface area contributed by atoms with Gasteiger partial charge in [0.2, 0.25) is 0 Å². The summed E-state index contributed by atoms with van der Waals surface area (Å²) >= 11 is 3.19. The van der Waals surface area contributed by atoms with Crippen LogP contribution in [0.2, 0.25) is 0 Å². The molecule has 1 aromatic heterocycles. The van der Waals surface area contributed by atoms with E-state index in [0.29, 0.717) is 11.0 Å². The number of carboxylic acids is 1. The van der Waals surface area contributed by atoms with Crippen LogP contribution in [0.3, 0.4) is 0 Å². The number of halogens is 1. The number of aliphatic carboxylic acids is 1. The van der Waals surface area contributed by atoms with Crippen molar-refractivity contribution < 1.29 is 19.4 Å². The molecule has 2 atom stereocenters. The van der Waals surface area contributed by atoms with Gasteiger partial charge in [-0.25, -0.2) is 9.78 Å². The van der Waals surface area contributed by atoms with E-state index < -0.39 is 17.9 Å². The number of carbonyl (C=O) groups is 2. The van der Waals surface area contributed by atoms with Crippen molar-refractivity contribution in [1.29, 1.82) is 0 Å². The number of pyridine rings is 1. The van der Waals surface area contributed by atoms with Gasteiger partial charge in [0.1, 0.15) is 16.3 Å². The van der Waals surface area contributed by atoms with Crippen LogP contribution in [0.1, 0.15) is 16.9 Å². The molecule has 1 aliphatic heterocycles. The van der Waals surface area contributed by atoms with Crippen molar-refractivity contribution in [3.05, 3.63) is 28.5 Å². The monoisotopic (exact) mass is 328 g/mol. The Morgan fingerprint density at radius 2 is 2.26 bits per heavy atom. The van der Waals surface area contributed by atoms with Crippen molar-refractivity contribution >= 4 is 27.8 Å². The molecule has 2 unspecified atom stereocenters. The molecule has 19 heavy (non-hydrogen) atoms. The molecule has 1 aromatic rings. The second kappa shape index (κ2) is 5.66. The lowest BCUT2D eigenvalue weighted by atomic mass is 10.2. The highest BCUT2D eigenvalue weighted by atomic mass is 79.9. The minimum Gasteiger partial charge on any atom is -0.480 e. The highest BCUT2D eigenvalue weighted by molar-refractivity contribution is 9.10. The number of carboxylic acid groups (broad SMARTS) is 1. The quantitative estimate of drug-likeness (QED) is 0.842. The lowest BCUT2D eigenvalue weighted by Crippen LogP contribution is -2.41. The Morgan fingerprint density at radius 1 is 1.53 bits per heavy atom. The summed E-state index contributed by atoms with van der Waals surface area (Å²) in [6.45, 7) is 0.264. The number of aromatic nitrogens is 1. The van der Waals surface area contributed by atoms with Crippen molar-refractivity contribution in [1.82, 2.24) is 9.88 Å². The van der Waals surface area contributed by atoms with Crippen LogP contribution in [0.25, 0.3) is 0 Å². The smallest absolute Gasteiger partial charge is 0.326 e. The van der Waals surface area contributed by atoms with Gasteiger partial charge in [0.25, 0.3) is 5.91 Å². The maximum Gasteiger partial charge on any atom is 0.326 e. The number of rotatable bonds is 3. The van der Waals surface area contributed by atoms with Crippen molar-refractivity contribution in [2.45, 2.75) is 18.6 Å². The van der Waals surface area contributed by atoms with E-state index in [4.69, 9.17) is 9.84 Å². The third-order valence-corrected chi connectivity index (χ3v) is 3.52. The predicted molar refractivity (Wildman–Crippen MR) is 69.8 cm³/mol. The number of hydrogen-bond donors (Lipinski definition) is 1. The Bertz CT molecular complexity index is 508. The minimum atomic E-state index is -1.03. The van der Waals surface area contributed by atoms with E-state index in [0.717, 1.165) is 0 Å². The molecule has 1 aliphatic rings. The highest BCUT2D eigenvalue weighted by Gasteiger charge is 2.40. The summed E-state index contributed by atoms with van der Waals surface area (Å²) in [5.74, 6) is -1.42. The summed E-state index contributed by atoms with van der Waals surface area (Å²) in [5, 5.41) is 9.17. The predicted octanol–water partition coefficient (Wildman–Crippen LogP) is 1.16. The van der Waals surface area contributed by atoms with Crippen LogP contribution < -0.4 is 0 Å². The van der Waals surface area contributed by atoms with Gasteiger partial charge in [0, 0.05) is 20.1 Å². The van der Waals surface area contributed by atoms with Gasteiger partial charge in [-0.05, 0) is 28.1 Å². The Hall–Kier alpha value is -1.47. The molecule has 2 heterocycles. The van der Waals surface area contributed by atoms with Crippen LogP contribution >= 0.6 is 15.9 Å². The Balaban J connectivity index is 2.24. The molecule has 0 saturated carbocycles. The summed E-state index contributed by atoms with van der Waals surface area (Å²) in [4.78, 5) is 28.8. The van der Waals surface area contributed by atoms with E-state index in [1.165, 1.54) is 12.0 Å². The highest BCUT2D eigenvalue weighted by Crippen LogP contribution is 2.22. The number of nitrogens with zero attached hydrogens (tertiary/aromatic N) is 2. The second-order valence-electron chi connectivity index (χ2n) is 4.25. The molecule has 0 aromatic carbocycles. The van der Waals surface area contributed by atoms with E-state index in [1.807, 2.05) is 0 Å². The van der Waals surface area contributed by atoms with Gasteiger partial charge in [-0.2, -0.15) is 0 Å². The SMILES string of the molecule is COC1CC(C(=O)O)N(C(=O)c2cccc(Br)n2)C1. The average Bonchev–Trinajstić information content (AvgIpc) is 2.82. The molecule has 1 saturated heterocycles. The van der Waals surface area contributed by atoms with Gasteiger partial charge in [0.15, 0.2) is 0 Å². The van der Waals surface area contributed by atoms with Crippen LogP contribution in [-0.2, 0) is 9.53 Å². The number of ether oxygens (including phenoxy) is 1. The first kappa shape index (κ1) is 14.0. The molecular formula is C12H13BrN2O4. The molecule has 1 N–H and O–H groups in total. The van der Waals surface area contributed by atoms with E-state index in [-0.39, 0.29) is 18.3 Å². The van der Waals surface area contributed by atoms with E-state index >= 15 is 0 Å². The van der Waals surface area contributed by atoms with Gasteiger partial charge < -0.3 is 14.7 Å². The van der Waals surface area contributed by atoms with Crippen molar-refractivity contribution in [3.8, 4) is 0 Å². The van der Waals surface area contributed by atoms with Gasteiger partial charge in [0.05, 0.1) is 6.10 Å². The minimum absolute atomic E-state index is 0.220. The molecule has 0 bridgehead atoms. The lowest BCUT2D eigenvalue weighted by Gasteiger charge is -2.20. The van der Waals surface area contributed by atoms with Gasteiger partial charge in [-0.3, -0.25) is 4.79 Å². The summed E-state index contributed by atoms with van der Waals surface area (Å²) in [5.41, 5.74) is 0.220. The van der Waals surface area contributed by atoms with Crippen molar-refractivity contribution in [3.63, 3.8) is 0 Å². The van der Waals surface area contributed by atoms with Crippen LogP contribution in [-0.4, -0.2) is 52.7 Å². The molecule has 0 radical (unpaired) electrons. The first-order valence-corrected chi connectivity index (χ1v) is 6.51. The van der Waals surface area contributed by atoms with Crippen LogP contribution in [0, 0.1) is 0 Å². The lowest BCUT2D eigenvalue weighted by molar-refractivity contribution is -0.141. The largest absolute Gasteiger partial charge is 0.480 e.